The summed E-state index contributed by atoms with van der Waals surface area (Å²) in [4.78, 5) is 4.91. The van der Waals surface area contributed by atoms with E-state index < -0.39 is 0 Å². The summed E-state index contributed by atoms with van der Waals surface area (Å²) in [5, 5.41) is 0. The third kappa shape index (κ3) is 1.75. The Balaban J connectivity index is 1.99. The fourth-order valence-corrected chi connectivity index (χ4v) is 3.52. The molecule has 3 heteroatoms. The first-order valence-electron chi connectivity index (χ1n) is 8.33. The number of nitrogens with zero attached hydrogens (tertiary/aromatic N) is 3. The minimum absolute atomic E-state index is 0.964. The molecule has 0 aliphatic rings. The lowest BCUT2D eigenvalue weighted by atomic mass is 10.1. The van der Waals surface area contributed by atoms with Crippen molar-refractivity contribution in [3.8, 4) is 5.69 Å². The fourth-order valence-electron chi connectivity index (χ4n) is 3.52. The topological polar surface area (TPSA) is 22.2 Å². The number of imidazole rings is 2. The van der Waals surface area contributed by atoms with Crippen molar-refractivity contribution in [1.82, 2.24) is 14.0 Å². The van der Waals surface area contributed by atoms with Gasteiger partial charge in [-0.3, -0.25) is 8.97 Å². The molecule has 0 amide bonds. The van der Waals surface area contributed by atoms with Crippen LogP contribution < -0.4 is 0 Å². The van der Waals surface area contributed by atoms with Gasteiger partial charge in [0, 0.05) is 5.69 Å². The molecule has 0 aliphatic carbocycles. The SMILES string of the molecule is CCc1cccc(-n2c3ccccc3n3c4ccccc4nc23)c1. The van der Waals surface area contributed by atoms with Crippen LogP contribution in [0.3, 0.4) is 0 Å². The molecule has 0 fully saturated rings. The van der Waals surface area contributed by atoms with E-state index in [1.165, 1.54) is 16.6 Å². The summed E-state index contributed by atoms with van der Waals surface area (Å²) in [6, 6.07) is 25.5. The lowest BCUT2D eigenvalue weighted by Crippen LogP contribution is -1.96. The number of aromatic nitrogens is 3. The Kier molecular flexibility index (Phi) is 2.77. The van der Waals surface area contributed by atoms with Crippen LogP contribution in [0.2, 0.25) is 0 Å². The first kappa shape index (κ1) is 13.4. The van der Waals surface area contributed by atoms with Crippen LogP contribution in [0.4, 0.5) is 0 Å². The molecule has 0 saturated carbocycles. The summed E-state index contributed by atoms with van der Waals surface area (Å²) in [5.41, 5.74) is 7.03. The van der Waals surface area contributed by atoms with E-state index in [-0.39, 0.29) is 0 Å². The zero-order valence-corrected chi connectivity index (χ0v) is 13.5. The van der Waals surface area contributed by atoms with Gasteiger partial charge in [-0.05, 0) is 48.4 Å². The Morgan fingerprint density at radius 2 is 1.54 bits per heavy atom. The van der Waals surface area contributed by atoms with Crippen LogP contribution in [-0.2, 0) is 6.42 Å². The predicted octanol–water partition coefficient (Wildman–Crippen LogP) is 4.99. The first-order chi connectivity index (χ1) is 11.9. The van der Waals surface area contributed by atoms with Crippen molar-refractivity contribution >= 4 is 27.8 Å². The van der Waals surface area contributed by atoms with Crippen molar-refractivity contribution in [2.24, 2.45) is 0 Å². The van der Waals surface area contributed by atoms with E-state index in [0.29, 0.717) is 0 Å². The van der Waals surface area contributed by atoms with Crippen LogP contribution in [0.5, 0.6) is 0 Å². The van der Waals surface area contributed by atoms with Gasteiger partial charge in [0.05, 0.1) is 22.1 Å². The Hall–Kier alpha value is -3.07. The van der Waals surface area contributed by atoms with E-state index in [1.807, 2.05) is 6.07 Å². The molecule has 0 unspecified atom stereocenters. The first-order valence-corrected chi connectivity index (χ1v) is 8.33. The summed E-state index contributed by atoms with van der Waals surface area (Å²) >= 11 is 0. The molecule has 3 nitrogen and oxygen atoms in total. The van der Waals surface area contributed by atoms with Crippen molar-refractivity contribution in [2.45, 2.75) is 13.3 Å². The molecule has 5 rings (SSSR count). The molecule has 0 atom stereocenters. The third-order valence-corrected chi connectivity index (χ3v) is 4.68. The molecular weight excluding hydrogens is 294 g/mol. The minimum atomic E-state index is 0.964. The zero-order chi connectivity index (χ0) is 16.1. The van der Waals surface area contributed by atoms with Gasteiger partial charge in [0.2, 0.25) is 5.78 Å². The molecule has 2 heterocycles. The molecular formula is C21H17N3. The zero-order valence-electron chi connectivity index (χ0n) is 13.5. The normalized spacial score (nSPS) is 11.7. The maximum atomic E-state index is 4.91. The molecule has 0 aliphatic heterocycles. The van der Waals surface area contributed by atoms with E-state index in [1.54, 1.807) is 0 Å². The second kappa shape index (κ2) is 4.96. The van der Waals surface area contributed by atoms with Crippen LogP contribution >= 0.6 is 0 Å². The van der Waals surface area contributed by atoms with Crippen molar-refractivity contribution in [1.29, 1.82) is 0 Å². The van der Waals surface area contributed by atoms with Gasteiger partial charge >= 0.3 is 0 Å². The predicted molar refractivity (Wildman–Crippen MR) is 98.9 cm³/mol. The van der Waals surface area contributed by atoms with Crippen molar-refractivity contribution < 1.29 is 0 Å². The van der Waals surface area contributed by atoms with E-state index in [9.17, 15) is 0 Å². The average molecular weight is 311 g/mol. The number of aryl methyl sites for hydroxylation is 1. The van der Waals surface area contributed by atoms with Crippen molar-refractivity contribution in [2.75, 3.05) is 0 Å². The fraction of sp³-hybridized carbons (Fsp3) is 0.0952. The smallest absolute Gasteiger partial charge is 0.220 e. The van der Waals surface area contributed by atoms with E-state index in [2.05, 4.69) is 82.6 Å². The molecule has 0 bridgehead atoms. The average Bonchev–Trinajstić information content (AvgIpc) is 3.16. The van der Waals surface area contributed by atoms with E-state index in [0.717, 1.165) is 28.9 Å². The van der Waals surface area contributed by atoms with Crippen LogP contribution in [0.25, 0.3) is 33.5 Å². The summed E-state index contributed by atoms with van der Waals surface area (Å²) in [7, 11) is 0. The Labute approximate surface area is 139 Å². The maximum absolute atomic E-state index is 4.91. The molecule has 0 spiro atoms. The molecule has 5 aromatic rings. The summed E-state index contributed by atoms with van der Waals surface area (Å²) < 4.78 is 4.51. The van der Waals surface area contributed by atoms with Crippen LogP contribution in [0, 0.1) is 0 Å². The van der Waals surface area contributed by atoms with Crippen LogP contribution in [-0.4, -0.2) is 14.0 Å². The van der Waals surface area contributed by atoms with E-state index >= 15 is 0 Å². The molecule has 2 aromatic heterocycles. The number of benzene rings is 3. The highest BCUT2D eigenvalue weighted by atomic mass is 15.2. The highest BCUT2D eigenvalue weighted by Crippen LogP contribution is 2.29. The maximum Gasteiger partial charge on any atom is 0.220 e. The van der Waals surface area contributed by atoms with Gasteiger partial charge in [-0.1, -0.05) is 43.3 Å². The molecule has 0 N–H and O–H groups in total. The standard InChI is InChI=1S/C21H17N3/c1-2-15-8-7-9-16(14-15)23-19-12-5-6-13-20(19)24-18-11-4-3-10-17(18)22-21(23)24/h3-14H,2H2,1H3. The second-order valence-corrected chi connectivity index (χ2v) is 6.08. The van der Waals surface area contributed by atoms with Gasteiger partial charge in [0.1, 0.15) is 0 Å². The summed E-state index contributed by atoms with van der Waals surface area (Å²) in [6.07, 6.45) is 1.03. The monoisotopic (exact) mass is 311 g/mol. The van der Waals surface area contributed by atoms with Crippen LogP contribution in [0.15, 0.2) is 72.8 Å². The minimum Gasteiger partial charge on any atom is -0.278 e. The van der Waals surface area contributed by atoms with Crippen LogP contribution in [0.1, 0.15) is 12.5 Å². The largest absolute Gasteiger partial charge is 0.278 e. The van der Waals surface area contributed by atoms with Gasteiger partial charge < -0.3 is 0 Å². The Morgan fingerprint density at radius 3 is 2.38 bits per heavy atom. The van der Waals surface area contributed by atoms with Gasteiger partial charge in [0.15, 0.2) is 0 Å². The number of hydrogen-bond acceptors (Lipinski definition) is 1. The van der Waals surface area contributed by atoms with Gasteiger partial charge in [-0.2, -0.15) is 0 Å². The lowest BCUT2D eigenvalue weighted by molar-refractivity contribution is 1.08. The molecule has 3 aromatic carbocycles. The number of fused-ring (bicyclic) bond motifs is 5. The van der Waals surface area contributed by atoms with Gasteiger partial charge in [-0.25, -0.2) is 4.98 Å². The lowest BCUT2D eigenvalue weighted by Gasteiger charge is -2.07. The number of para-hydroxylation sites is 4. The molecule has 116 valence electrons. The Bertz CT molecular complexity index is 1190. The highest BCUT2D eigenvalue weighted by Gasteiger charge is 2.16. The highest BCUT2D eigenvalue weighted by molar-refractivity contribution is 5.91. The number of hydrogen-bond donors (Lipinski definition) is 0. The Morgan fingerprint density at radius 1 is 0.792 bits per heavy atom. The summed E-state index contributed by atoms with van der Waals surface area (Å²) in [6.45, 7) is 2.19. The van der Waals surface area contributed by atoms with Gasteiger partial charge in [-0.15, -0.1) is 0 Å². The van der Waals surface area contributed by atoms with Crippen molar-refractivity contribution in [3.05, 3.63) is 78.4 Å². The molecule has 24 heavy (non-hydrogen) atoms. The molecule has 0 saturated heterocycles. The quantitative estimate of drug-likeness (QED) is 0.450. The van der Waals surface area contributed by atoms with Gasteiger partial charge in [0.25, 0.3) is 0 Å². The summed E-state index contributed by atoms with van der Waals surface area (Å²) in [5.74, 6) is 0.964. The van der Waals surface area contributed by atoms with Crippen molar-refractivity contribution in [3.63, 3.8) is 0 Å². The second-order valence-electron chi connectivity index (χ2n) is 6.08. The molecule has 0 radical (unpaired) electrons. The third-order valence-electron chi connectivity index (χ3n) is 4.68. The van der Waals surface area contributed by atoms with E-state index in [4.69, 9.17) is 4.98 Å². The number of rotatable bonds is 2.